The number of aryl methyl sites for hydroxylation is 1. The minimum Gasteiger partial charge on any atom is -0.343 e. The SMILES string of the molecule is CCC.CCC[NH2+]Cc1ccc(C)cc1.Cl. The topological polar surface area (TPSA) is 16.6 Å². The second kappa shape index (κ2) is 12.5. The highest BCUT2D eigenvalue weighted by Gasteiger charge is 1.92. The molecule has 1 nitrogen and oxygen atoms in total. The molecule has 0 aromatic heterocycles. The molecule has 0 amide bonds. The van der Waals surface area contributed by atoms with E-state index in [0.29, 0.717) is 0 Å². The van der Waals surface area contributed by atoms with E-state index in [-0.39, 0.29) is 12.4 Å². The third kappa shape index (κ3) is 10.0. The molecule has 1 rings (SSSR count). The summed E-state index contributed by atoms with van der Waals surface area (Å²) in [7, 11) is 0. The molecular weight excluding hydrogens is 218 g/mol. The van der Waals surface area contributed by atoms with Crippen LogP contribution in [0.4, 0.5) is 0 Å². The second-order valence-corrected chi connectivity index (χ2v) is 3.97. The highest BCUT2D eigenvalue weighted by molar-refractivity contribution is 5.85. The van der Waals surface area contributed by atoms with Crippen LogP contribution in [0.5, 0.6) is 0 Å². The Labute approximate surface area is 107 Å². The van der Waals surface area contributed by atoms with Crippen molar-refractivity contribution in [3.63, 3.8) is 0 Å². The summed E-state index contributed by atoms with van der Waals surface area (Å²) in [6.07, 6.45) is 2.51. The van der Waals surface area contributed by atoms with Crippen LogP contribution in [0.1, 0.15) is 44.7 Å². The summed E-state index contributed by atoms with van der Waals surface area (Å²) in [5.41, 5.74) is 2.77. The minimum absolute atomic E-state index is 0. The normalized spacial score (nSPS) is 8.75. The number of hydrogen-bond acceptors (Lipinski definition) is 0. The van der Waals surface area contributed by atoms with Crippen LogP contribution in [-0.4, -0.2) is 6.54 Å². The maximum Gasteiger partial charge on any atom is 0.101 e. The summed E-state index contributed by atoms with van der Waals surface area (Å²) in [5, 5.41) is 2.35. The fourth-order valence-electron chi connectivity index (χ4n) is 1.20. The van der Waals surface area contributed by atoms with Crippen LogP contribution in [-0.2, 0) is 6.54 Å². The largest absolute Gasteiger partial charge is 0.343 e. The van der Waals surface area contributed by atoms with Gasteiger partial charge < -0.3 is 5.32 Å². The Hall–Kier alpha value is -0.530. The zero-order valence-electron chi connectivity index (χ0n) is 11.1. The van der Waals surface area contributed by atoms with Crippen LogP contribution < -0.4 is 5.32 Å². The number of rotatable bonds is 4. The van der Waals surface area contributed by atoms with E-state index in [0.717, 1.165) is 6.54 Å². The van der Waals surface area contributed by atoms with Crippen molar-refractivity contribution in [1.82, 2.24) is 0 Å². The Kier molecular flexibility index (Phi) is 14.0. The molecule has 1 aromatic carbocycles. The first-order valence-corrected chi connectivity index (χ1v) is 6.11. The molecule has 1 aromatic rings. The standard InChI is InChI=1S/C11H17N.C3H8.ClH/c1-3-8-12-9-11-6-4-10(2)5-7-11;1-3-2;/h4-7,12H,3,8-9H2,1-2H3;3H2,1-2H3;1H/p+1. The van der Waals surface area contributed by atoms with Crippen molar-refractivity contribution >= 4 is 12.4 Å². The quantitative estimate of drug-likeness (QED) is 0.783. The average Bonchev–Trinajstić information content (AvgIpc) is 2.23. The fourth-order valence-corrected chi connectivity index (χ4v) is 1.20. The van der Waals surface area contributed by atoms with E-state index in [4.69, 9.17) is 0 Å². The molecule has 0 atom stereocenters. The number of quaternary nitrogens is 1. The van der Waals surface area contributed by atoms with Crippen LogP contribution in [0.2, 0.25) is 0 Å². The average molecular weight is 245 g/mol. The van der Waals surface area contributed by atoms with Crippen molar-refractivity contribution < 1.29 is 5.32 Å². The molecule has 2 N–H and O–H groups in total. The number of hydrogen-bond donors (Lipinski definition) is 1. The summed E-state index contributed by atoms with van der Waals surface area (Å²) < 4.78 is 0. The van der Waals surface area contributed by atoms with Gasteiger partial charge in [0.05, 0.1) is 6.54 Å². The second-order valence-electron chi connectivity index (χ2n) is 3.97. The molecule has 0 bridgehead atoms. The van der Waals surface area contributed by atoms with Crippen molar-refractivity contribution in [2.75, 3.05) is 6.54 Å². The molecule has 0 unspecified atom stereocenters. The monoisotopic (exact) mass is 244 g/mol. The summed E-state index contributed by atoms with van der Waals surface area (Å²) >= 11 is 0. The molecule has 94 valence electrons. The van der Waals surface area contributed by atoms with Gasteiger partial charge in [0.1, 0.15) is 6.54 Å². The zero-order valence-corrected chi connectivity index (χ0v) is 11.9. The van der Waals surface area contributed by atoms with Crippen LogP contribution in [0.15, 0.2) is 24.3 Å². The van der Waals surface area contributed by atoms with Gasteiger partial charge in [-0.3, -0.25) is 0 Å². The Morgan fingerprint density at radius 3 is 1.94 bits per heavy atom. The van der Waals surface area contributed by atoms with Gasteiger partial charge in [0.2, 0.25) is 0 Å². The van der Waals surface area contributed by atoms with E-state index in [1.165, 1.54) is 30.5 Å². The molecule has 0 aliphatic rings. The summed E-state index contributed by atoms with van der Waals surface area (Å²) in [4.78, 5) is 0. The molecule has 16 heavy (non-hydrogen) atoms. The van der Waals surface area contributed by atoms with Gasteiger partial charge in [-0.1, -0.05) is 57.0 Å². The van der Waals surface area contributed by atoms with E-state index in [1.807, 2.05) is 0 Å². The molecule has 0 spiro atoms. The fraction of sp³-hybridized carbons (Fsp3) is 0.571. The van der Waals surface area contributed by atoms with E-state index in [9.17, 15) is 0 Å². The maximum atomic E-state index is 2.35. The van der Waals surface area contributed by atoms with Crippen LogP contribution >= 0.6 is 12.4 Å². The van der Waals surface area contributed by atoms with Gasteiger partial charge in [-0.05, 0) is 13.3 Å². The predicted molar refractivity (Wildman–Crippen MR) is 75.2 cm³/mol. The lowest BCUT2D eigenvalue weighted by atomic mass is 10.1. The van der Waals surface area contributed by atoms with Crippen LogP contribution in [0, 0.1) is 6.92 Å². The van der Waals surface area contributed by atoms with Gasteiger partial charge in [-0.25, -0.2) is 0 Å². The molecule has 0 radical (unpaired) electrons. The molecular formula is C14H27ClN+. The highest BCUT2D eigenvalue weighted by atomic mass is 35.5. The smallest absolute Gasteiger partial charge is 0.101 e. The van der Waals surface area contributed by atoms with Gasteiger partial charge in [0, 0.05) is 5.56 Å². The Morgan fingerprint density at radius 1 is 1.00 bits per heavy atom. The molecule has 0 aliphatic heterocycles. The van der Waals surface area contributed by atoms with Crippen molar-refractivity contribution in [3.05, 3.63) is 35.4 Å². The molecule has 0 saturated carbocycles. The van der Waals surface area contributed by atoms with Crippen molar-refractivity contribution in [1.29, 1.82) is 0 Å². The highest BCUT2D eigenvalue weighted by Crippen LogP contribution is 2.00. The van der Waals surface area contributed by atoms with Crippen molar-refractivity contribution in [2.24, 2.45) is 0 Å². The first-order chi connectivity index (χ1) is 7.24. The molecule has 0 saturated heterocycles. The van der Waals surface area contributed by atoms with Gasteiger partial charge in [-0.15, -0.1) is 12.4 Å². The zero-order chi connectivity index (χ0) is 11.5. The van der Waals surface area contributed by atoms with Gasteiger partial charge in [0.25, 0.3) is 0 Å². The Balaban J connectivity index is 0. The lowest BCUT2D eigenvalue weighted by Gasteiger charge is -2.00. The van der Waals surface area contributed by atoms with E-state index < -0.39 is 0 Å². The lowest BCUT2D eigenvalue weighted by Crippen LogP contribution is -2.82. The molecule has 0 heterocycles. The number of halogens is 1. The van der Waals surface area contributed by atoms with Gasteiger partial charge in [-0.2, -0.15) is 0 Å². The first kappa shape index (κ1) is 17.9. The predicted octanol–water partition coefficient (Wildman–Crippen LogP) is 3.31. The van der Waals surface area contributed by atoms with Gasteiger partial charge >= 0.3 is 0 Å². The third-order valence-electron chi connectivity index (χ3n) is 1.99. The van der Waals surface area contributed by atoms with Crippen LogP contribution in [0.3, 0.4) is 0 Å². The number of benzene rings is 1. The molecule has 2 heteroatoms. The Bertz CT molecular complexity index is 231. The van der Waals surface area contributed by atoms with Crippen molar-refractivity contribution in [2.45, 2.75) is 47.1 Å². The van der Waals surface area contributed by atoms with E-state index in [2.05, 4.69) is 57.3 Å². The summed E-state index contributed by atoms with van der Waals surface area (Å²) in [6.45, 7) is 10.9. The summed E-state index contributed by atoms with van der Waals surface area (Å²) in [5.74, 6) is 0. The van der Waals surface area contributed by atoms with E-state index >= 15 is 0 Å². The Morgan fingerprint density at radius 2 is 1.50 bits per heavy atom. The first-order valence-electron chi connectivity index (χ1n) is 6.11. The minimum atomic E-state index is 0. The third-order valence-corrected chi connectivity index (χ3v) is 1.99. The lowest BCUT2D eigenvalue weighted by molar-refractivity contribution is -0.670. The van der Waals surface area contributed by atoms with Gasteiger partial charge in [0.15, 0.2) is 0 Å². The van der Waals surface area contributed by atoms with E-state index in [1.54, 1.807) is 0 Å². The molecule has 0 fully saturated rings. The summed E-state index contributed by atoms with van der Waals surface area (Å²) in [6, 6.07) is 8.77. The van der Waals surface area contributed by atoms with Crippen molar-refractivity contribution in [3.8, 4) is 0 Å². The number of nitrogens with two attached hydrogens (primary N) is 1. The maximum absolute atomic E-state index is 2.35. The molecule has 0 aliphatic carbocycles. The van der Waals surface area contributed by atoms with Crippen LogP contribution in [0.25, 0.3) is 0 Å².